The second kappa shape index (κ2) is 20.3. The van der Waals surface area contributed by atoms with E-state index in [4.69, 9.17) is 9.84 Å². The maximum Gasteiger partial charge on any atom is 0.219 e. The number of hydrogen-bond donors (Lipinski definition) is 2. The number of nitrogens with one attached hydrogen (secondary N) is 1. The van der Waals surface area contributed by atoms with Gasteiger partial charge in [0.25, 0.3) is 0 Å². The van der Waals surface area contributed by atoms with Crippen molar-refractivity contribution in [3.05, 3.63) is 72.4 Å². The lowest BCUT2D eigenvalue weighted by atomic mass is 9.74. The van der Waals surface area contributed by atoms with Gasteiger partial charge in [-0.25, -0.2) is 5.43 Å². The van der Waals surface area contributed by atoms with Crippen LogP contribution in [0.1, 0.15) is 74.7 Å². The lowest BCUT2D eigenvalue weighted by Gasteiger charge is -2.32. The highest BCUT2D eigenvalue weighted by molar-refractivity contribution is 5.72. The third kappa shape index (κ3) is 13.7. The largest absolute Gasteiger partial charge is 0.445 e. The van der Waals surface area contributed by atoms with E-state index in [-0.39, 0.29) is 17.4 Å². The zero-order valence-electron chi connectivity index (χ0n) is 27.8. The lowest BCUT2D eigenvalue weighted by Crippen LogP contribution is -2.39. The van der Waals surface area contributed by atoms with Gasteiger partial charge in [-0.15, -0.1) is 13.2 Å². The molecule has 7 nitrogen and oxygen atoms in total. The lowest BCUT2D eigenvalue weighted by molar-refractivity contribution is -0.127. The van der Waals surface area contributed by atoms with E-state index in [9.17, 15) is 4.79 Å². The van der Waals surface area contributed by atoms with Crippen LogP contribution in [-0.4, -0.2) is 78.7 Å². The fourth-order valence-electron chi connectivity index (χ4n) is 4.51. The van der Waals surface area contributed by atoms with E-state index in [1.807, 2.05) is 14.0 Å². The summed E-state index contributed by atoms with van der Waals surface area (Å²) in [6.45, 7) is 27.5. The predicted octanol–water partition coefficient (Wildman–Crippen LogP) is 6.44. The summed E-state index contributed by atoms with van der Waals surface area (Å²) in [5.41, 5.74) is 6.68. The van der Waals surface area contributed by atoms with Gasteiger partial charge < -0.3 is 14.7 Å². The summed E-state index contributed by atoms with van der Waals surface area (Å²) in [6.07, 6.45) is 16.4. The van der Waals surface area contributed by atoms with Crippen LogP contribution >= 0.6 is 0 Å². The summed E-state index contributed by atoms with van der Waals surface area (Å²) in [5.74, 6) is 2.41. The Morgan fingerprint density at radius 3 is 2.37 bits per heavy atom. The van der Waals surface area contributed by atoms with E-state index in [1.54, 1.807) is 11.8 Å². The molecule has 0 saturated heterocycles. The zero-order chi connectivity index (χ0) is 31.6. The number of allylic oxidation sites excluding steroid dienone is 6. The van der Waals surface area contributed by atoms with E-state index >= 15 is 0 Å². The Morgan fingerprint density at radius 2 is 1.83 bits per heavy atom. The molecule has 1 amide bonds. The first-order valence-electron chi connectivity index (χ1n) is 15.0. The van der Waals surface area contributed by atoms with Crippen LogP contribution in [0, 0.1) is 11.3 Å². The standard InChI is InChI=1S/C31H52N4O2.C2H4.CH4O/c1-10-18-35-30(22-29(32-35)27-14-13-15-28(21-27)31(6,7)8)37-24(4)16-17-26(11-2)23-34(12-3)20-19-33(9)25(5)36;2*1-2/h13-17,22,28-29,32H,10-12,18-21,23H2,1-9H3;1-2H2;2H,1H3/b24-16+,26-17+;;. The van der Waals surface area contributed by atoms with Gasteiger partial charge in [-0.2, -0.15) is 0 Å². The monoisotopic (exact) mass is 572 g/mol. The second-order valence-corrected chi connectivity index (χ2v) is 11.4. The van der Waals surface area contributed by atoms with E-state index < -0.39 is 0 Å². The van der Waals surface area contributed by atoms with Gasteiger partial charge in [-0.05, 0) is 55.7 Å². The number of hydrazine groups is 1. The number of rotatable bonds is 13. The molecule has 2 rings (SSSR count). The van der Waals surface area contributed by atoms with Crippen molar-refractivity contribution in [2.75, 3.05) is 46.9 Å². The number of nitrogens with zero attached hydrogens (tertiary/aromatic N) is 3. The highest BCUT2D eigenvalue weighted by Gasteiger charge is 2.31. The summed E-state index contributed by atoms with van der Waals surface area (Å²) in [7, 11) is 2.86. The third-order valence-corrected chi connectivity index (χ3v) is 7.38. The summed E-state index contributed by atoms with van der Waals surface area (Å²) < 4.78 is 6.36. The van der Waals surface area contributed by atoms with Crippen LogP contribution in [0.3, 0.4) is 0 Å². The number of ether oxygens (including phenoxy) is 1. The van der Waals surface area contributed by atoms with Crippen LogP contribution in [-0.2, 0) is 9.53 Å². The minimum atomic E-state index is 0.110. The first kappa shape index (κ1) is 38.4. The Hall–Kier alpha value is -2.61. The smallest absolute Gasteiger partial charge is 0.219 e. The second-order valence-electron chi connectivity index (χ2n) is 11.4. The molecule has 2 N–H and O–H groups in total. The molecule has 7 heteroatoms. The minimum Gasteiger partial charge on any atom is -0.445 e. The molecule has 0 aromatic rings. The molecule has 0 bridgehead atoms. The molecule has 0 spiro atoms. The Kier molecular flexibility index (Phi) is 19.0. The van der Waals surface area contributed by atoms with Gasteiger partial charge in [0.05, 0.1) is 6.04 Å². The number of amides is 1. The topological polar surface area (TPSA) is 68.3 Å². The van der Waals surface area contributed by atoms with Crippen LogP contribution < -0.4 is 5.43 Å². The normalized spacial score (nSPS) is 19.1. The van der Waals surface area contributed by atoms with Gasteiger partial charge in [-0.1, -0.05) is 71.4 Å². The molecule has 2 aliphatic rings. The van der Waals surface area contributed by atoms with Gasteiger partial charge in [0.15, 0.2) is 0 Å². The van der Waals surface area contributed by atoms with E-state index in [0.29, 0.717) is 5.92 Å². The van der Waals surface area contributed by atoms with Crippen LogP contribution in [0.4, 0.5) is 0 Å². The van der Waals surface area contributed by atoms with Crippen molar-refractivity contribution >= 4 is 5.91 Å². The number of aliphatic hydroxyl groups is 1. The van der Waals surface area contributed by atoms with E-state index in [2.05, 4.69) is 106 Å². The maximum atomic E-state index is 11.5. The predicted molar refractivity (Wildman–Crippen MR) is 175 cm³/mol. The molecule has 234 valence electrons. The SMILES string of the molecule is C=C.CCCN1NC(C2=CC=CC(C(C)(C)C)C2)C=C1O/C(C)=C/C=C(\CC)CN(CC)CCN(C)C(C)=O.CO. The highest BCUT2D eigenvalue weighted by atomic mass is 16.5. The maximum absolute atomic E-state index is 11.5. The number of carbonyl (C=O) groups is 1. The molecule has 2 unspecified atom stereocenters. The van der Waals surface area contributed by atoms with E-state index in [0.717, 1.165) is 70.7 Å². The molecule has 1 heterocycles. The molecule has 0 fully saturated rings. The van der Waals surface area contributed by atoms with Crippen molar-refractivity contribution in [3.8, 4) is 0 Å². The van der Waals surface area contributed by atoms with Crippen molar-refractivity contribution in [3.63, 3.8) is 0 Å². The molecule has 41 heavy (non-hydrogen) atoms. The quantitative estimate of drug-likeness (QED) is 0.150. The number of likely N-dealkylation sites (N-methyl/N-ethyl adjacent to an activating group) is 2. The van der Waals surface area contributed by atoms with Gasteiger partial charge >= 0.3 is 0 Å². The number of hydrogen-bond acceptors (Lipinski definition) is 6. The van der Waals surface area contributed by atoms with Gasteiger partial charge in [0.2, 0.25) is 11.8 Å². The molecular formula is C34H60N4O3. The molecule has 1 aliphatic carbocycles. The Labute approximate surface area is 252 Å². The molecule has 0 radical (unpaired) electrons. The fraction of sp³-hybridized carbons (Fsp3) is 0.618. The highest BCUT2D eigenvalue weighted by Crippen LogP contribution is 2.36. The Balaban J connectivity index is 0.00000382. The first-order chi connectivity index (χ1) is 19.5. The molecular weight excluding hydrogens is 512 g/mol. The van der Waals surface area contributed by atoms with Crippen LogP contribution in [0.15, 0.2) is 72.4 Å². The summed E-state index contributed by atoms with van der Waals surface area (Å²) in [6, 6.07) is 0.164. The van der Waals surface area contributed by atoms with Crippen LogP contribution in [0.2, 0.25) is 0 Å². The Morgan fingerprint density at radius 1 is 1.17 bits per heavy atom. The van der Waals surface area contributed by atoms with Gasteiger partial charge in [-0.3, -0.25) is 14.7 Å². The first-order valence-corrected chi connectivity index (χ1v) is 15.0. The minimum absolute atomic E-state index is 0.110. The molecule has 1 aliphatic heterocycles. The summed E-state index contributed by atoms with van der Waals surface area (Å²) >= 11 is 0. The zero-order valence-corrected chi connectivity index (χ0v) is 27.8. The Bertz CT molecular complexity index is 927. The van der Waals surface area contributed by atoms with Crippen molar-refractivity contribution in [2.45, 2.75) is 80.7 Å². The van der Waals surface area contributed by atoms with Crippen molar-refractivity contribution in [2.24, 2.45) is 11.3 Å². The number of carbonyl (C=O) groups excluding carboxylic acids is 1. The average molecular weight is 573 g/mol. The third-order valence-electron chi connectivity index (χ3n) is 7.38. The summed E-state index contributed by atoms with van der Waals surface area (Å²) in [4.78, 5) is 15.7. The molecule has 0 aromatic carbocycles. The molecule has 0 saturated carbocycles. The van der Waals surface area contributed by atoms with Gasteiger partial charge in [0, 0.05) is 53.3 Å². The van der Waals surface area contributed by atoms with Crippen molar-refractivity contribution in [1.29, 1.82) is 0 Å². The van der Waals surface area contributed by atoms with Crippen molar-refractivity contribution in [1.82, 2.24) is 20.2 Å². The average Bonchev–Trinajstić information content (AvgIpc) is 3.36. The molecule has 0 aromatic heterocycles. The van der Waals surface area contributed by atoms with E-state index in [1.165, 1.54) is 11.1 Å². The van der Waals surface area contributed by atoms with Crippen molar-refractivity contribution < 1.29 is 14.6 Å². The molecule has 2 atom stereocenters. The van der Waals surface area contributed by atoms with Gasteiger partial charge in [0.1, 0.15) is 5.76 Å². The van der Waals surface area contributed by atoms with Crippen LogP contribution in [0.25, 0.3) is 0 Å². The summed E-state index contributed by atoms with van der Waals surface area (Å²) in [5, 5.41) is 9.15. The number of aliphatic hydroxyl groups excluding tert-OH is 1. The fourth-order valence-corrected chi connectivity index (χ4v) is 4.51. The van der Waals surface area contributed by atoms with Crippen LogP contribution in [0.5, 0.6) is 0 Å².